The van der Waals surface area contributed by atoms with E-state index in [4.69, 9.17) is 0 Å². The highest BCUT2D eigenvalue weighted by Gasteiger charge is 2.00. The van der Waals surface area contributed by atoms with Crippen LogP contribution in [0.4, 0.5) is 10.1 Å². The van der Waals surface area contributed by atoms with Gasteiger partial charge in [-0.2, -0.15) is 0 Å². The minimum absolute atomic E-state index is 0.213. The van der Waals surface area contributed by atoms with Gasteiger partial charge in [0.15, 0.2) is 0 Å². The Morgan fingerprint density at radius 2 is 2.12 bits per heavy atom. The van der Waals surface area contributed by atoms with Crippen molar-refractivity contribution in [2.75, 3.05) is 5.32 Å². The number of rotatable bonds is 3. The number of benzene rings is 1. The molecule has 0 atom stereocenters. The molecule has 0 radical (unpaired) electrons. The summed E-state index contributed by atoms with van der Waals surface area (Å²) >= 11 is 3.34. The van der Waals surface area contributed by atoms with Gasteiger partial charge in [-0.1, -0.05) is 0 Å². The van der Waals surface area contributed by atoms with E-state index in [1.165, 1.54) is 12.1 Å². The highest BCUT2D eigenvalue weighted by molar-refractivity contribution is 9.10. The van der Waals surface area contributed by atoms with Crippen molar-refractivity contribution in [1.29, 1.82) is 0 Å². The van der Waals surface area contributed by atoms with Crippen LogP contribution in [-0.4, -0.2) is 4.98 Å². The largest absolute Gasteiger partial charge is 0.379 e. The zero-order chi connectivity index (χ0) is 12.3. The van der Waals surface area contributed by atoms with E-state index in [-0.39, 0.29) is 5.82 Å². The first-order valence-corrected chi connectivity index (χ1v) is 6.05. The predicted octanol–water partition coefficient (Wildman–Crippen LogP) is 3.90. The van der Waals surface area contributed by atoms with Crippen LogP contribution in [0.1, 0.15) is 11.3 Å². The molecule has 1 aromatic carbocycles. The van der Waals surface area contributed by atoms with Gasteiger partial charge < -0.3 is 5.32 Å². The number of nitrogens with zero attached hydrogens (tertiary/aromatic N) is 1. The van der Waals surface area contributed by atoms with Crippen molar-refractivity contribution in [3.63, 3.8) is 0 Å². The molecule has 0 saturated heterocycles. The molecule has 0 amide bonds. The van der Waals surface area contributed by atoms with Crippen LogP contribution in [0.15, 0.2) is 41.0 Å². The lowest BCUT2D eigenvalue weighted by atomic mass is 10.2. The Morgan fingerprint density at radius 3 is 2.76 bits per heavy atom. The van der Waals surface area contributed by atoms with Crippen molar-refractivity contribution in [2.45, 2.75) is 13.5 Å². The lowest BCUT2D eigenvalue weighted by Gasteiger charge is -2.09. The molecule has 0 spiro atoms. The van der Waals surface area contributed by atoms with Crippen LogP contribution in [0.25, 0.3) is 0 Å². The third-order valence-electron chi connectivity index (χ3n) is 2.44. The number of halogens is 2. The monoisotopic (exact) mass is 294 g/mol. The first kappa shape index (κ1) is 12.0. The topological polar surface area (TPSA) is 24.9 Å². The summed E-state index contributed by atoms with van der Waals surface area (Å²) in [5.74, 6) is -0.213. The smallest absolute Gasteiger partial charge is 0.123 e. The fraction of sp³-hybridized carbons (Fsp3) is 0.154. The normalized spacial score (nSPS) is 10.3. The second kappa shape index (κ2) is 5.27. The molecule has 0 unspecified atom stereocenters. The molecule has 0 bridgehead atoms. The zero-order valence-electron chi connectivity index (χ0n) is 9.37. The Kier molecular flexibility index (Phi) is 3.74. The number of aryl methyl sites for hydroxylation is 1. The molecule has 4 heteroatoms. The summed E-state index contributed by atoms with van der Waals surface area (Å²) in [6.07, 6.45) is 1.76. The maximum Gasteiger partial charge on any atom is 0.123 e. The summed E-state index contributed by atoms with van der Waals surface area (Å²) in [7, 11) is 0. The quantitative estimate of drug-likeness (QED) is 0.928. The molecule has 0 saturated carbocycles. The van der Waals surface area contributed by atoms with Crippen LogP contribution < -0.4 is 5.32 Å². The second-order valence-corrected chi connectivity index (χ2v) is 4.70. The molecule has 2 rings (SSSR count). The Bertz CT molecular complexity index is 511. The van der Waals surface area contributed by atoms with E-state index in [0.29, 0.717) is 6.54 Å². The molecular weight excluding hydrogens is 283 g/mol. The van der Waals surface area contributed by atoms with E-state index < -0.39 is 0 Å². The van der Waals surface area contributed by atoms with Crippen molar-refractivity contribution < 1.29 is 4.39 Å². The van der Waals surface area contributed by atoms with E-state index in [9.17, 15) is 4.39 Å². The van der Waals surface area contributed by atoms with Crippen LogP contribution in [0, 0.1) is 12.7 Å². The molecule has 0 aliphatic carbocycles. The minimum Gasteiger partial charge on any atom is -0.379 e. The Hall–Kier alpha value is -1.42. The average molecular weight is 295 g/mol. The molecule has 0 aliphatic rings. The molecule has 0 aliphatic heterocycles. The van der Waals surface area contributed by atoms with Crippen molar-refractivity contribution in [1.82, 2.24) is 4.98 Å². The summed E-state index contributed by atoms with van der Waals surface area (Å²) in [5.41, 5.74) is 2.76. The van der Waals surface area contributed by atoms with Crippen molar-refractivity contribution in [3.8, 4) is 0 Å². The SMILES string of the molecule is Cc1cc(F)ccc1NCc1ccc(Br)cn1. The number of hydrogen-bond donors (Lipinski definition) is 1. The van der Waals surface area contributed by atoms with Crippen molar-refractivity contribution >= 4 is 21.6 Å². The first-order chi connectivity index (χ1) is 8.15. The first-order valence-electron chi connectivity index (χ1n) is 5.25. The van der Waals surface area contributed by atoms with E-state index >= 15 is 0 Å². The number of aromatic nitrogens is 1. The molecule has 1 heterocycles. The lowest BCUT2D eigenvalue weighted by Crippen LogP contribution is -2.02. The number of hydrogen-bond acceptors (Lipinski definition) is 2. The van der Waals surface area contributed by atoms with Gasteiger partial charge in [-0.25, -0.2) is 4.39 Å². The van der Waals surface area contributed by atoms with Crippen LogP contribution in [0.2, 0.25) is 0 Å². The maximum atomic E-state index is 12.9. The Labute approximate surface area is 108 Å². The van der Waals surface area contributed by atoms with Gasteiger partial charge in [-0.3, -0.25) is 4.98 Å². The fourth-order valence-corrected chi connectivity index (χ4v) is 1.76. The van der Waals surface area contributed by atoms with Gasteiger partial charge in [0, 0.05) is 16.4 Å². The molecule has 1 N–H and O–H groups in total. The van der Waals surface area contributed by atoms with Gasteiger partial charge in [0.05, 0.1) is 12.2 Å². The van der Waals surface area contributed by atoms with Gasteiger partial charge in [-0.15, -0.1) is 0 Å². The van der Waals surface area contributed by atoms with Crippen molar-refractivity contribution in [2.24, 2.45) is 0 Å². The average Bonchev–Trinajstić information content (AvgIpc) is 2.30. The van der Waals surface area contributed by atoms with Crippen LogP contribution in [0.3, 0.4) is 0 Å². The number of anilines is 1. The summed E-state index contributed by atoms with van der Waals surface area (Å²) in [6, 6.07) is 8.59. The molecule has 17 heavy (non-hydrogen) atoms. The lowest BCUT2D eigenvalue weighted by molar-refractivity contribution is 0.627. The highest BCUT2D eigenvalue weighted by atomic mass is 79.9. The Morgan fingerprint density at radius 1 is 1.29 bits per heavy atom. The van der Waals surface area contributed by atoms with Crippen LogP contribution >= 0.6 is 15.9 Å². The molecule has 2 nitrogen and oxygen atoms in total. The van der Waals surface area contributed by atoms with Gasteiger partial charge in [0.25, 0.3) is 0 Å². The predicted molar refractivity (Wildman–Crippen MR) is 70.4 cm³/mol. The highest BCUT2D eigenvalue weighted by Crippen LogP contribution is 2.16. The van der Waals surface area contributed by atoms with E-state index in [1.54, 1.807) is 12.3 Å². The van der Waals surface area contributed by atoms with Crippen LogP contribution in [0.5, 0.6) is 0 Å². The standard InChI is InChI=1S/C13H12BrFN2/c1-9-6-11(15)3-5-13(9)17-8-12-4-2-10(14)7-16-12/h2-7,17H,8H2,1H3. The van der Waals surface area contributed by atoms with Gasteiger partial charge in [0.1, 0.15) is 5.82 Å². The molecule has 88 valence electrons. The zero-order valence-corrected chi connectivity index (χ0v) is 11.0. The summed E-state index contributed by atoms with van der Waals surface area (Å²) < 4.78 is 13.9. The minimum atomic E-state index is -0.213. The molecule has 2 aromatic rings. The summed E-state index contributed by atoms with van der Waals surface area (Å²) in [5, 5.41) is 3.23. The second-order valence-electron chi connectivity index (χ2n) is 3.78. The maximum absolute atomic E-state index is 12.9. The van der Waals surface area contributed by atoms with Gasteiger partial charge in [0.2, 0.25) is 0 Å². The van der Waals surface area contributed by atoms with E-state index in [0.717, 1.165) is 21.4 Å². The third-order valence-corrected chi connectivity index (χ3v) is 2.91. The van der Waals surface area contributed by atoms with Crippen molar-refractivity contribution in [3.05, 3.63) is 58.1 Å². The summed E-state index contributed by atoms with van der Waals surface area (Å²) in [4.78, 5) is 4.26. The number of pyridine rings is 1. The van der Waals surface area contributed by atoms with Crippen LogP contribution in [-0.2, 0) is 6.54 Å². The summed E-state index contributed by atoms with van der Waals surface area (Å²) in [6.45, 7) is 2.50. The Balaban J connectivity index is 2.04. The molecular formula is C13H12BrFN2. The van der Waals surface area contributed by atoms with E-state index in [1.807, 2.05) is 19.1 Å². The van der Waals surface area contributed by atoms with Gasteiger partial charge >= 0.3 is 0 Å². The fourth-order valence-electron chi connectivity index (χ4n) is 1.52. The molecule has 0 fully saturated rings. The molecule has 1 aromatic heterocycles. The third kappa shape index (κ3) is 3.27. The number of nitrogens with one attached hydrogen (secondary N) is 1. The van der Waals surface area contributed by atoms with E-state index in [2.05, 4.69) is 26.2 Å². The van der Waals surface area contributed by atoms with Gasteiger partial charge in [-0.05, 0) is 58.7 Å².